The molecule has 13 heavy (non-hydrogen) atoms. The average Bonchev–Trinajstić information content (AvgIpc) is 2.09. The highest BCUT2D eigenvalue weighted by Crippen LogP contribution is 2.27. The topological polar surface area (TPSA) is 66.5 Å². The molecule has 0 amide bonds. The van der Waals surface area contributed by atoms with Gasteiger partial charge in [0.25, 0.3) is 0 Å². The molecule has 0 unspecified atom stereocenters. The van der Waals surface area contributed by atoms with Gasteiger partial charge in [0.2, 0.25) is 0 Å². The molecular formula is C9H12ClNO2. The SMILES string of the molecule is C[C@](N)(CO)c1ccc(Cl)c(O)c1. The van der Waals surface area contributed by atoms with Crippen LogP contribution in [0.5, 0.6) is 5.75 Å². The summed E-state index contributed by atoms with van der Waals surface area (Å²) in [5, 5.41) is 18.5. The number of nitrogens with two attached hydrogens (primary N) is 1. The standard InChI is InChI=1S/C9H12ClNO2/c1-9(11,5-12)6-2-3-7(10)8(13)4-6/h2-4,12-13H,5,11H2,1H3/t9-/m0/s1. The zero-order valence-corrected chi connectivity index (χ0v) is 8.04. The van der Waals surface area contributed by atoms with E-state index in [1.165, 1.54) is 6.07 Å². The number of phenols is 1. The Kier molecular flexibility index (Phi) is 2.81. The summed E-state index contributed by atoms with van der Waals surface area (Å²) < 4.78 is 0. The zero-order chi connectivity index (χ0) is 10.1. The van der Waals surface area contributed by atoms with Crippen molar-refractivity contribution in [3.05, 3.63) is 28.8 Å². The molecule has 0 spiro atoms. The lowest BCUT2D eigenvalue weighted by atomic mass is 9.94. The number of rotatable bonds is 2. The van der Waals surface area contributed by atoms with Crippen molar-refractivity contribution in [3.8, 4) is 5.75 Å². The molecule has 0 bridgehead atoms. The van der Waals surface area contributed by atoms with Gasteiger partial charge in [-0.05, 0) is 24.6 Å². The third kappa shape index (κ3) is 2.12. The van der Waals surface area contributed by atoms with Crippen molar-refractivity contribution in [2.45, 2.75) is 12.5 Å². The fourth-order valence-electron chi connectivity index (χ4n) is 0.959. The second-order valence-corrected chi connectivity index (χ2v) is 3.65. The number of aliphatic hydroxyl groups is 1. The number of halogens is 1. The molecule has 1 rings (SSSR count). The lowest BCUT2D eigenvalue weighted by Crippen LogP contribution is -2.36. The summed E-state index contributed by atoms with van der Waals surface area (Å²) in [6.45, 7) is 1.49. The summed E-state index contributed by atoms with van der Waals surface area (Å²) in [5.74, 6) is -0.0238. The summed E-state index contributed by atoms with van der Waals surface area (Å²) in [6.07, 6.45) is 0. The molecule has 72 valence electrons. The summed E-state index contributed by atoms with van der Waals surface area (Å²) >= 11 is 5.62. The van der Waals surface area contributed by atoms with Crippen molar-refractivity contribution >= 4 is 11.6 Å². The number of aliphatic hydroxyl groups excluding tert-OH is 1. The zero-order valence-electron chi connectivity index (χ0n) is 7.29. The van der Waals surface area contributed by atoms with Crippen molar-refractivity contribution in [2.24, 2.45) is 5.73 Å². The van der Waals surface area contributed by atoms with Crippen LogP contribution in [0, 0.1) is 0 Å². The molecule has 1 aromatic carbocycles. The highest BCUT2D eigenvalue weighted by atomic mass is 35.5. The maximum Gasteiger partial charge on any atom is 0.134 e. The average molecular weight is 202 g/mol. The smallest absolute Gasteiger partial charge is 0.134 e. The van der Waals surface area contributed by atoms with E-state index in [-0.39, 0.29) is 17.4 Å². The second kappa shape index (κ2) is 3.54. The van der Waals surface area contributed by atoms with Crippen molar-refractivity contribution < 1.29 is 10.2 Å². The fraction of sp³-hybridized carbons (Fsp3) is 0.333. The van der Waals surface area contributed by atoms with Crippen LogP contribution in [0.1, 0.15) is 12.5 Å². The minimum atomic E-state index is -0.845. The van der Waals surface area contributed by atoms with E-state index in [0.29, 0.717) is 5.56 Å². The van der Waals surface area contributed by atoms with Crippen LogP contribution in [-0.2, 0) is 5.54 Å². The molecule has 0 radical (unpaired) electrons. The molecule has 0 heterocycles. The van der Waals surface area contributed by atoms with Gasteiger partial charge in [0, 0.05) is 0 Å². The van der Waals surface area contributed by atoms with E-state index in [1.807, 2.05) is 0 Å². The van der Waals surface area contributed by atoms with Gasteiger partial charge in [-0.1, -0.05) is 17.7 Å². The first kappa shape index (κ1) is 10.3. The molecule has 0 aliphatic heterocycles. The maximum atomic E-state index is 9.29. The molecule has 1 atom stereocenters. The number of hydrogen-bond donors (Lipinski definition) is 3. The van der Waals surface area contributed by atoms with Crippen LogP contribution in [0.15, 0.2) is 18.2 Å². The Morgan fingerprint density at radius 3 is 2.62 bits per heavy atom. The van der Waals surface area contributed by atoms with Gasteiger partial charge in [-0.3, -0.25) is 0 Å². The molecule has 0 fully saturated rings. The first-order valence-electron chi connectivity index (χ1n) is 3.86. The van der Waals surface area contributed by atoms with Crippen molar-refractivity contribution in [2.75, 3.05) is 6.61 Å². The Bertz CT molecular complexity index is 312. The predicted molar refractivity (Wildman–Crippen MR) is 51.7 cm³/mol. The van der Waals surface area contributed by atoms with E-state index in [2.05, 4.69) is 0 Å². The number of benzene rings is 1. The monoisotopic (exact) mass is 201 g/mol. The van der Waals surface area contributed by atoms with Crippen LogP contribution >= 0.6 is 11.6 Å². The quantitative estimate of drug-likeness (QED) is 0.674. The molecule has 3 nitrogen and oxygen atoms in total. The molecule has 1 aromatic rings. The van der Waals surface area contributed by atoms with Crippen molar-refractivity contribution in [1.82, 2.24) is 0 Å². The number of aromatic hydroxyl groups is 1. The van der Waals surface area contributed by atoms with Crippen LogP contribution < -0.4 is 5.73 Å². The van der Waals surface area contributed by atoms with E-state index < -0.39 is 5.54 Å². The molecule has 0 saturated heterocycles. The first-order chi connectivity index (χ1) is 5.97. The summed E-state index contributed by atoms with van der Waals surface area (Å²) in [5.41, 5.74) is 5.56. The Morgan fingerprint density at radius 2 is 2.15 bits per heavy atom. The third-order valence-corrected chi connectivity index (χ3v) is 2.25. The van der Waals surface area contributed by atoms with Gasteiger partial charge in [-0.25, -0.2) is 0 Å². The Hall–Kier alpha value is -0.770. The molecule has 0 aromatic heterocycles. The van der Waals surface area contributed by atoms with E-state index in [9.17, 15) is 5.11 Å². The summed E-state index contributed by atoms with van der Waals surface area (Å²) in [6, 6.07) is 4.68. The maximum absolute atomic E-state index is 9.29. The Balaban J connectivity index is 3.10. The Morgan fingerprint density at radius 1 is 1.54 bits per heavy atom. The van der Waals surface area contributed by atoms with E-state index in [1.54, 1.807) is 19.1 Å². The molecular weight excluding hydrogens is 190 g/mol. The minimum absolute atomic E-state index is 0.0238. The molecule has 4 heteroatoms. The van der Waals surface area contributed by atoms with Crippen LogP contribution in [0.4, 0.5) is 0 Å². The first-order valence-corrected chi connectivity index (χ1v) is 4.24. The van der Waals surface area contributed by atoms with Gasteiger partial charge in [0.1, 0.15) is 5.75 Å². The van der Waals surface area contributed by atoms with Gasteiger partial charge in [0.05, 0.1) is 17.2 Å². The van der Waals surface area contributed by atoms with Crippen LogP contribution in [0.2, 0.25) is 5.02 Å². The minimum Gasteiger partial charge on any atom is -0.506 e. The van der Waals surface area contributed by atoms with Crippen LogP contribution in [-0.4, -0.2) is 16.8 Å². The van der Waals surface area contributed by atoms with Gasteiger partial charge in [-0.2, -0.15) is 0 Å². The highest BCUT2D eigenvalue weighted by Gasteiger charge is 2.20. The summed E-state index contributed by atoms with van der Waals surface area (Å²) in [4.78, 5) is 0. The lowest BCUT2D eigenvalue weighted by molar-refractivity contribution is 0.210. The molecule has 4 N–H and O–H groups in total. The van der Waals surface area contributed by atoms with Crippen molar-refractivity contribution in [3.63, 3.8) is 0 Å². The van der Waals surface area contributed by atoms with Crippen LogP contribution in [0.3, 0.4) is 0 Å². The van der Waals surface area contributed by atoms with Crippen LogP contribution in [0.25, 0.3) is 0 Å². The van der Waals surface area contributed by atoms with Gasteiger partial charge >= 0.3 is 0 Å². The third-order valence-electron chi connectivity index (χ3n) is 1.93. The van der Waals surface area contributed by atoms with E-state index in [0.717, 1.165) is 0 Å². The van der Waals surface area contributed by atoms with E-state index in [4.69, 9.17) is 22.4 Å². The fourth-order valence-corrected chi connectivity index (χ4v) is 1.08. The van der Waals surface area contributed by atoms with E-state index >= 15 is 0 Å². The highest BCUT2D eigenvalue weighted by molar-refractivity contribution is 6.32. The van der Waals surface area contributed by atoms with Gasteiger partial charge < -0.3 is 15.9 Å². The predicted octanol–water partition coefficient (Wildman–Crippen LogP) is 1.21. The second-order valence-electron chi connectivity index (χ2n) is 3.24. The van der Waals surface area contributed by atoms with Gasteiger partial charge in [0.15, 0.2) is 0 Å². The lowest BCUT2D eigenvalue weighted by Gasteiger charge is -2.22. The molecule has 0 saturated carbocycles. The van der Waals surface area contributed by atoms with Gasteiger partial charge in [-0.15, -0.1) is 0 Å². The molecule has 0 aliphatic rings. The molecule has 0 aliphatic carbocycles. The van der Waals surface area contributed by atoms with Crippen molar-refractivity contribution in [1.29, 1.82) is 0 Å². The number of phenolic OH excluding ortho intramolecular Hbond substituents is 1. The number of hydrogen-bond acceptors (Lipinski definition) is 3. The largest absolute Gasteiger partial charge is 0.506 e. The normalized spacial score (nSPS) is 15.4. The Labute approximate surface area is 81.8 Å². The summed E-state index contributed by atoms with van der Waals surface area (Å²) in [7, 11) is 0.